The van der Waals surface area contributed by atoms with Crippen molar-refractivity contribution in [3.8, 4) is 0 Å². The van der Waals surface area contributed by atoms with Crippen LogP contribution in [0, 0.1) is 5.92 Å². The van der Waals surface area contributed by atoms with E-state index in [2.05, 4.69) is 27.1 Å². The van der Waals surface area contributed by atoms with Crippen LogP contribution >= 0.6 is 0 Å². The molecule has 2 heterocycles. The molecule has 1 aliphatic heterocycles. The van der Waals surface area contributed by atoms with Crippen molar-refractivity contribution in [3.63, 3.8) is 0 Å². The molecule has 1 aromatic rings. The second kappa shape index (κ2) is 6.54. The van der Waals surface area contributed by atoms with Crippen LogP contribution in [0.25, 0.3) is 0 Å². The molecule has 6 heteroatoms. The number of piperidine rings is 1. The summed E-state index contributed by atoms with van der Waals surface area (Å²) in [5.41, 5.74) is 7.00. The van der Waals surface area contributed by atoms with Crippen LogP contribution in [0.5, 0.6) is 0 Å². The van der Waals surface area contributed by atoms with Crippen molar-refractivity contribution in [1.29, 1.82) is 0 Å². The van der Waals surface area contributed by atoms with E-state index in [4.69, 9.17) is 5.73 Å². The van der Waals surface area contributed by atoms with Crippen LogP contribution < -0.4 is 16.0 Å². The molecule has 2 rings (SSSR count). The Morgan fingerprint density at radius 2 is 2.15 bits per heavy atom. The molecular formula is C14H23N5O. The van der Waals surface area contributed by atoms with Crippen molar-refractivity contribution in [1.82, 2.24) is 15.3 Å². The van der Waals surface area contributed by atoms with Crippen molar-refractivity contribution in [3.05, 3.63) is 11.9 Å². The molecule has 0 aliphatic carbocycles. The number of nitrogen functional groups attached to an aromatic ring is 1. The zero-order chi connectivity index (χ0) is 14.5. The topological polar surface area (TPSA) is 84.1 Å². The quantitative estimate of drug-likeness (QED) is 0.857. The van der Waals surface area contributed by atoms with Gasteiger partial charge in [0, 0.05) is 31.6 Å². The highest BCUT2D eigenvalue weighted by Crippen LogP contribution is 2.27. The summed E-state index contributed by atoms with van der Waals surface area (Å²) in [5, 5.41) is 2.73. The third-order valence-electron chi connectivity index (χ3n) is 3.87. The molecule has 1 fully saturated rings. The Kier molecular flexibility index (Phi) is 4.76. The largest absolute Gasteiger partial charge is 0.383 e. The van der Waals surface area contributed by atoms with Gasteiger partial charge in [-0.3, -0.25) is 4.79 Å². The normalized spacial score (nSPS) is 16.2. The van der Waals surface area contributed by atoms with Gasteiger partial charge in [0.2, 0.25) is 5.91 Å². The first-order chi connectivity index (χ1) is 9.67. The minimum atomic E-state index is 0.116. The lowest BCUT2D eigenvalue weighted by Gasteiger charge is -2.33. The van der Waals surface area contributed by atoms with Gasteiger partial charge in [0.15, 0.2) is 0 Å². The number of carbonyl (C=O) groups is 1. The highest BCUT2D eigenvalue weighted by atomic mass is 16.1. The standard InChI is InChI=1S/C14H23N5O/c1-3-4-11-12(15)17-9-18-13(11)19-7-5-10(6-8-19)14(20)16-2/h9-10H,3-8H2,1-2H3,(H,16,20)(H2,15,17,18). The van der Waals surface area contributed by atoms with Crippen LogP contribution in [0.3, 0.4) is 0 Å². The summed E-state index contributed by atoms with van der Waals surface area (Å²) in [6, 6.07) is 0. The number of carbonyl (C=O) groups excluding carboxylic acids is 1. The lowest BCUT2D eigenvalue weighted by atomic mass is 9.95. The number of anilines is 2. The summed E-state index contributed by atoms with van der Waals surface area (Å²) in [7, 11) is 1.69. The van der Waals surface area contributed by atoms with Gasteiger partial charge < -0.3 is 16.0 Å². The number of hydrogen-bond acceptors (Lipinski definition) is 5. The molecule has 0 bridgehead atoms. The molecule has 0 atom stereocenters. The van der Waals surface area contributed by atoms with Gasteiger partial charge >= 0.3 is 0 Å². The predicted molar refractivity (Wildman–Crippen MR) is 79.4 cm³/mol. The summed E-state index contributed by atoms with van der Waals surface area (Å²) in [4.78, 5) is 22.4. The lowest BCUT2D eigenvalue weighted by molar-refractivity contribution is -0.125. The summed E-state index contributed by atoms with van der Waals surface area (Å²) < 4.78 is 0. The number of aromatic nitrogens is 2. The number of amides is 1. The predicted octanol–water partition coefficient (Wildman–Crippen LogP) is 0.974. The van der Waals surface area contributed by atoms with E-state index < -0.39 is 0 Å². The molecule has 1 aromatic heterocycles. The maximum atomic E-state index is 11.7. The molecule has 1 saturated heterocycles. The van der Waals surface area contributed by atoms with E-state index in [1.807, 2.05) is 0 Å². The van der Waals surface area contributed by atoms with E-state index in [9.17, 15) is 4.79 Å². The summed E-state index contributed by atoms with van der Waals surface area (Å²) >= 11 is 0. The van der Waals surface area contributed by atoms with Crippen LogP contribution in [0.1, 0.15) is 31.7 Å². The average Bonchev–Trinajstić information content (AvgIpc) is 2.49. The van der Waals surface area contributed by atoms with Crippen LogP contribution in [-0.2, 0) is 11.2 Å². The molecule has 6 nitrogen and oxygen atoms in total. The first-order valence-electron chi connectivity index (χ1n) is 7.23. The maximum Gasteiger partial charge on any atom is 0.222 e. The van der Waals surface area contributed by atoms with E-state index in [1.54, 1.807) is 7.05 Å². The second-order valence-electron chi connectivity index (χ2n) is 5.19. The third kappa shape index (κ3) is 3.00. The first-order valence-corrected chi connectivity index (χ1v) is 7.23. The zero-order valence-electron chi connectivity index (χ0n) is 12.2. The van der Waals surface area contributed by atoms with E-state index >= 15 is 0 Å². The molecule has 1 amide bonds. The SMILES string of the molecule is CCCc1c(N)ncnc1N1CCC(C(=O)NC)CC1. The molecule has 0 radical (unpaired) electrons. The minimum absolute atomic E-state index is 0.116. The number of nitrogens with zero attached hydrogens (tertiary/aromatic N) is 3. The maximum absolute atomic E-state index is 11.7. The van der Waals surface area contributed by atoms with Crippen LogP contribution in [0.15, 0.2) is 6.33 Å². The Labute approximate surface area is 119 Å². The van der Waals surface area contributed by atoms with E-state index in [0.29, 0.717) is 5.82 Å². The van der Waals surface area contributed by atoms with Gasteiger partial charge in [-0.25, -0.2) is 9.97 Å². The Hall–Kier alpha value is -1.85. The molecule has 0 spiro atoms. The van der Waals surface area contributed by atoms with Gasteiger partial charge in [-0.2, -0.15) is 0 Å². The monoisotopic (exact) mass is 277 g/mol. The molecule has 3 N–H and O–H groups in total. The molecule has 20 heavy (non-hydrogen) atoms. The molecule has 0 aromatic carbocycles. The zero-order valence-corrected chi connectivity index (χ0v) is 12.2. The molecule has 0 unspecified atom stereocenters. The van der Waals surface area contributed by atoms with Crippen molar-refractivity contribution in [2.24, 2.45) is 5.92 Å². The van der Waals surface area contributed by atoms with Gasteiger partial charge in [-0.05, 0) is 19.3 Å². The van der Waals surface area contributed by atoms with E-state index in [-0.39, 0.29) is 11.8 Å². The number of rotatable bonds is 4. The fourth-order valence-electron chi connectivity index (χ4n) is 2.74. The molecule has 110 valence electrons. The van der Waals surface area contributed by atoms with Crippen molar-refractivity contribution in [2.45, 2.75) is 32.6 Å². The van der Waals surface area contributed by atoms with Crippen LogP contribution in [-0.4, -0.2) is 36.0 Å². The van der Waals surface area contributed by atoms with Crippen LogP contribution in [0.4, 0.5) is 11.6 Å². The van der Waals surface area contributed by atoms with Crippen molar-refractivity contribution >= 4 is 17.5 Å². The summed E-state index contributed by atoms with van der Waals surface area (Å²) in [6.07, 6.45) is 5.13. The lowest BCUT2D eigenvalue weighted by Crippen LogP contribution is -2.40. The van der Waals surface area contributed by atoms with Gasteiger partial charge in [0.25, 0.3) is 0 Å². The van der Waals surface area contributed by atoms with Gasteiger partial charge in [-0.1, -0.05) is 13.3 Å². The summed E-state index contributed by atoms with van der Waals surface area (Å²) in [5.74, 6) is 1.77. The van der Waals surface area contributed by atoms with Gasteiger partial charge in [-0.15, -0.1) is 0 Å². The highest BCUT2D eigenvalue weighted by molar-refractivity contribution is 5.78. The summed E-state index contributed by atoms with van der Waals surface area (Å²) in [6.45, 7) is 3.80. The van der Waals surface area contributed by atoms with E-state index in [1.165, 1.54) is 6.33 Å². The Balaban J connectivity index is 2.10. The first kappa shape index (κ1) is 14.6. The van der Waals surface area contributed by atoms with Crippen molar-refractivity contribution in [2.75, 3.05) is 30.8 Å². The number of hydrogen-bond donors (Lipinski definition) is 2. The number of nitrogens with two attached hydrogens (primary N) is 1. The highest BCUT2D eigenvalue weighted by Gasteiger charge is 2.26. The average molecular weight is 277 g/mol. The van der Waals surface area contributed by atoms with Gasteiger partial charge in [0.05, 0.1) is 0 Å². The van der Waals surface area contributed by atoms with Crippen LogP contribution in [0.2, 0.25) is 0 Å². The van der Waals surface area contributed by atoms with E-state index in [0.717, 1.165) is 50.2 Å². The smallest absolute Gasteiger partial charge is 0.222 e. The Morgan fingerprint density at radius 3 is 2.75 bits per heavy atom. The fraction of sp³-hybridized carbons (Fsp3) is 0.643. The van der Waals surface area contributed by atoms with Crippen molar-refractivity contribution < 1.29 is 4.79 Å². The second-order valence-corrected chi connectivity index (χ2v) is 5.19. The Morgan fingerprint density at radius 1 is 1.45 bits per heavy atom. The Bertz CT molecular complexity index is 469. The fourth-order valence-corrected chi connectivity index (χ4v) is 2.74. The molecule has 0 saturated carbocycles. The minimum Gasteiger partial charge on any atom is -0.383 e. The third-order valence-corrected chi connectivity index (χ3v) is 3.87. The molecule has 1 aliphatic rings. The molecular weight excluding hydrogens is 254 g/mol. The number of nitrogens with one attached hydrogen (secondary N) is 1. The van der Waals surface area contributed by atoms with Gasteiger partial charge in [0.1, 0.15) is 18.0 Å².